The van der Waals surface area contributed by atoms with E-state index in [0.717, 1.165) is 0 Å². The first-order valence-electron chi connectivity index (χ1n) is 3.68. The van der Waals surface area contributed by atoms with Crippen LogP contribution in [0.1, 0.15) is 12.7 Å². The fourth-order valence-electron chi connectivity index (χ4n) is 0.848. The average molecular weight is 201 g/mol. The zero-order valence-corrected chi connectivity index (χ0v) is 8.13. The van der Waals surface area contributed by atoms with Gasteiger partial charge in [-0.05, 0) is 6.92 Å². The third-order valence-corrected chi connectivity index (χ3v) is 1.53. The van der Waals surface area contributed by atoms with Gasteiger partial charge in [-0.1, -0.05) is 11.6 Å². The third kappa shape index (κ3) is 2.99. The standard InChI is InChI=1S/C8H9ClN2O2/c1-5(12)3-7-10-6(9)4-8(11-7)13-2/h4H,3H2,1-2H3. The Kier molecular flexibility index (Phi) is 3.19. The maximum atomic E-state index is 10.8. The number of aromatic nitrogens is 2. The first kappa shape index (κ1) is 9.92. The van der Waals surface area contributed by atoms with Gasteiger partial charge in [0.25, 0.3) is 0 Å². The minimum atomic E-state index is -0.00989. The van der Waals surface area contributed by atoms with Gasteiger partial charge in [0.15, 0.2) is 0 Å². The number of carbonyl (C=O) groups is 1. The van der Waals surface area contributed by atoms with Gasteiger partial charge in [-0.25, -0.2) is 4.98 Å². The molecule has 0 radical (unpaired) electrons. The SMILES string of the molecule is COc1cc(Cl)nc(CC(C)=O)n1. The molecule has 0 saturated heterocycles. The highest BCUT2D eigenvalue weighted by Gasteiger charge is 2.05. The molecule has 1 aromatic heterocycles. The Labute approximate surface area is 80.9 Å². The fraction of sp³-hybridized carbons (Fsp3) is 0.375. The lowest BCUT2D eigenvalue weighted by Crippen LogP contribution is -2.03. The van der Waals surface area contributed by atoms with E-state index in [9.17, 15) is 4.79 Å². The molecule has 70 valence electrons. The Morgan fingerprint density at radius 1 is 1.62 bits per heavy atom. The molecule has 1 heterocycles. The second-order valence-electron chi connectivity index (χ2n) is 2.53. The number of ether oxygens (including phenoxy) is 1. The van der Waals surface area contributed by atoms with Gasteiger partial charge in [0.05, 0.1) is 13.5 Å². The van der Waals surface area contributed by atoms with Crippen molar-refractivity contribution in [3.8, 4) is 5.88 Å². The van der Waals surface area contributed by atoms with Crippen molar-refractivity contribution in [1.82, 2.24) is 9.97 Å². The summed E-state index contributed by atoms with van der Waals surface area (Å²) in [6.07, 6.45) is 0.178. The van der Waals surface area contributed by atoms with E-state index in [2.05, 4.69) is 9.97 Å². The Morgan fingerprint density at radius 3 is 2.85 bits per heavy atom. The summed E-state index contributed by atoms with van der Waals surface area (Å²) in [5, 5.41) is 0.281. The number of halogens is 1. The van der Waals surface area contributed by atoms with Gasteiger partial charge in [-0.2, -0.15) is 4.98 Å². The van der Waals surface area contributed by atoms with Crippen LogP contribution in [0.15, 0.2) is 6.07 Å². The van der Waals surface area contributed by atoms with E-state index in [4.69, 9.17) is 16.3 Å². The second-order valence-corrected chi connectivity index (χ2v) is 2.92. The van der Waals surface area contributed by atoms with Crippen LogP contribution in [0.25, 0.3) is 0 Å². The quantitative estimate of drug-likeness (QED) is 0.690. The van der Waals surface area contributed by atoms with Gasteiger partial charge in [0.2, 0.25) is 5.88 Å². The van der Waals surface area contributed by atoms with Crippen LogP contribution < -0.4 is 4.74 Å². The lowest BCUT2D eigenvalue weighted by molar-refractivity contribution is -0.116. The highest BCUT2D eigenvalue weighted by molar-refractivity contribution is 6.29. The van der Waals surface area contributed by atoms with Crippen LogP contribution in [0.4, 0.5) is 0 Å². The molecule has 0 saturated carbocycles. The minimum Gasteiger partial charge on any atom is -0.481 e. The lowest BCUT2D eigenvalue weighted by atomic mass is 10.3. The number of nitrogens with zero attached hydrogens (tertiary/aromatic N) is 2. The van der Waals surface area contributed by atoms with Crippen LogP contribution in [0.5, 0.6) is 5.88 Å². The van der Waals surface area contributed by atoms with Crippen molar-refractivity contribution in [3.05, 3.63) is 17.0 Å². The molecule has 0 amide bonds. The van der Waals surface area contributed by atoms with Crippen molar-refractivity contribution < 1.29 is 9.53 Å². The Hall–Kier alpha value is -1.16. The zero-order valence-electron chi connectivity index (χ0n) is 7.37. The molecule has 0 aliphatic heterocycles. The molecule has 1 aromatic rings. The molecular weight excluding hydrogens is 192 g/mol. The van der Waals surface area contributed by atoms with Crippen LogP contribution in [0, 0.1) is 0 Å². The number of Topliss-reactive ketones (excluding diaryl/α,β-unsaturated/α-hetero) is 1. The van der Waals surface area contributed by atoms with Gasteiger partial charge in [0.1, 0.15) is 16.8 Å². The van der Waals surface area contributed by atoms with Gasteiger partial charge in [-0.3, -0.25) is 4.79 Å². The summed E-state index contributed by atoms with van der Waals surface area (Å²) >= 11 is 5.67. The molecule has 4 nitrogen and oxygen atoms in total. The average Bonchev–Trinajstić information content (AvgIpc) is 2.01. The van der Waals surface area contributed by atoms with Crippen molar-refractivity contribution in [3.63, 3.8) is 0 Å². The Bertz CT molecular complexity index is 328. The maximum absolute atomic E-state index is 10.8. The summed E-state index contributed by atoms with van der Waals surface area (Å²) in [6, 6.07) is 1.49. The van der Waals surface area contributed by atoms with Crippen molar-refractivity contribution in [2.75, 3.05) is 7.11 Å². The maximum Gasteiger partial charge on any atom is 0.217 e. The number of carbonyl (C=O) groups excluding carboxylic acids is 1. The van der Waals surface area contributed by atoms with Crippen LogP contribution in [-0.4, -0.2) is 22.9 Å². The highest BCUT2D eigenvalue weighted by Crippen LogP contribution is 2.13. The van der Waals surface area contributed by atoms with Crippen molar-refractivity contribution in [1.29, 1.82) is 0 Å². The summed E-state index contributed by atoms with van der Waals surface area (Å²) in [5.74, 6) is 0.748. The van der Waals surface area contributed by atoms with E-state index in [0.29, 0.717) is 11.7 Å². The Balaban J connectivity index is 2.94. The summed E-state index contributed by atoms with van der Waals surface area (Å²) in [6.45, 7) is 1.47. The summed E-state index contributed by atoms with van der Waals surface area (Å²) < 4.78 is 4.87. The summed E-state index contributed by atoms with van der Waals surface area (Å²) in [7, 11) is 1.48. The summed E-state index contributed by atoms with van der Waals surface area (Å²) in [4.78, 5) is 18.6. The number of hydrogen-bond donors (Lipinski definition) is 0. The van der Waals surface area contributed by atoms with E-state index < -0.39 is 0 Å². The molecular formula is C8H9ClN2O2. The van der Waals surface area contributed by atoms with Crippen LogP contribution >= 0.6 is 11.6 Å². The summed E-state index contributed by atoms with van der Waals surface area (Å²) in [5.41, 5.74) is 0. The third-order valence-electron chi connectivity index (χ3n) is 1.33. The fourth-order valence-corrected chi connectivity index (χ4v) is 1.04. The van der Waals surface area contributed by atoms with Crippen molar-refractivity contribution in [2.45, 2.75) is 13.3 Å². The molecule has 0 N–H and O–H groups in total. The molecule has 5 heteroatoms. The topological polar surface area (TPSA) is 52.1 Å². The molecule has 1 rings (SSSR count). The normalized spacial score (nSPS) is 9.77. The van der Waals surface area contributed by atoms with Gasteiger partial charge in [-0.15, -0.1) is 0 Å². The first-order chi connectivity index (χ1) is 6.11. The Morgan fingerprint density at radius 2 is 2.31 bits per heavy atom. The van der Waals surface area contributed by atoms with Gasteiger partial charge >= 0.3 is 0 Å². The lowest BCUT2D eigenvalue weighted by Gasteiger charge is -2.01. The van der Waals surface area contributed by atoms with E-state index in [1.807, 2.05) is 0 Å². The zero-order chi connectivity index (χ0) is 9.84. The van der Waals surface area contributed by atoms with Crippen LogP contribution in [-0.2, 0) is 11.2 Å². The molecule has 0 fully saturated rings. The number of methoxy groups -OCH3 is 1. The smallest absolute Gasteiger partial charge is 0.217 e. The number of ketones is 1. The molecule has 0 bridgehead atoms. The van der Waals surface area contributed by atoms with E-state index >= 15 is 0 Å². The number of hydrogen-bond acceptors (Lipinski definition) is 4. The van der Waals surface area contributed by atoms with E-state index in [-0.39, 0.29) is 17.4 Å². The predicted octanol–water partition coefficient (Wildman–Crippen LogP) is 1.27. The largest absolute Gasteiger partial charge is 0.481 e. The molecule has 0 aliphatic carbocycles. The predicted molar refractivity (Wildman–Crippen MR) is 48.0 cm³/mol. The molecule has 0 aromatic carbocycles. The highest BCUT2D eigenvalue weighted by atomic mass is 35.5. The van der Waals surface area contributed by atoms with Crippen LogP contribution in [0.3, 0.4) is 0 Å². The van der Waals surface area contributed by atoms with Gasteiger partial charge in [0, 0.05) is 6.07 Å². The van der Waals surface area contributed by atoms with Crippen LogP contribution in [0.2, 0.25) is 5.15 Å². The first-order valence-corrected chi connectivity index (χ1v) is 4.06. The molecule has 0 aliphatic rings. The van der Waals surface area contributed by atoms with Gasteiger partial charge < -0.3 is 4.74 Å². The monoisotopic (exact) mass is 200 g/mol. The molecule has 13 heavy (non-hydrogen) atoms. The van der Waals surface area contributed by atoms with E-state index in [1.54, 1.807) is 0 Å². The van der Waals surface area contributed by atoms with Crippen molar-refractivity contribution in [2.24, 2.45) is 0 Å². The van der Waals surface area contributed by atoms with Crippen molar-refractivity contribution >= 4 is 17.4 Å². The minimum absolute atomic E-state index is 0.00989. The second kappa shape index (κ2) is 4.18. The molecule has 0 spiro atoms. The number of rotatable bonds is 3. The molecule has 0 unspecified atom stereocenters. The van der Waals surface area contributed by atoms with E-state index in [1.165, 1.54) is 20.1 Å². The molecule has 0 atom stereocenters.